The van der Waals surface area contributed by atoms with Gasteiger partial charge in [-0.15, -0.1) is 0 Å². The van der Waals surface area contributed by atoms with Crippen molar-refractivity contribution < 1.29 is 16.8 Å². The molecule has 0 aliphatic carbocycles. The Labute approximate surface area is 121 Å². The van der Waals surface area contributed by atoms with Crippen LogP contribution in [0, 0.1) is 0 Å². The standard InChI is InChI=1S/C12H9N3O4S2/c13-14-15-21(18,19)12-9-5-4-8-11(12)20(16,17)10-6-2-1-3-7-10/h1-9H. The summed E-state index contributed by atoms with van der Waals surface area (Å²) < 4.78 is 51.4. The largest absolute Gasteiger partial charge is 0.265 e. The van der Waals surface area contributed by atoms with Gasteiger partial charge in [0.1, 0.15) is 0 Å². The molecule has 0 fully saturated rings. The number of sulfonamides is 1. The molecule has 2 aromatic carbocycles. The topological polar surface area (TPSA) is 117 Å². The van der Waals surface area contributed by atoms with Crippen molar-refractivity contribution in [3.8, 4) is 0 Å². The van der Waals surface area contributed by atoms with Gasteiger partial charge in [-0.05, 0) is 29.8 Å². The van der Waals surface area contributed by atoms with E-state index in [1.54, 1.807) is 6.07 Å². The summed E-state index contributed by atoms with van der Waals surface area (Å²) in [6.07, 6.45) is 0. The third-order valence-electron chi connectivity index (χ3n) is 2.61. The van der Waals surface area contributed by atoms with Crippen LogP contribution in [0.3, 0.4) is 0 Å². The van der Waals surface area contributed by atoms with E-state index < -0.39 is 29.7 Å². The molecule has 0 atom stereocenters. The minimum Gasteiger partial charge on any atom is -0.218 e. The van der Waals surface area contributed by atoms with Crippen LogP contribution in [0.1, 0.15) is 0 Å². The third-order valence-corrected chi connectivity index (χ3v) is 5.77. The lowest BCUT2D eigenvalue weighted by atomic mass is 10.4. The molecular weight excluding hydrogens is 314 g/mol. The summed E-state index contributed by atoms with van der Waals surface area (Å²) >= 11 is 0. The molecular formula is C12H9N3O4S2. The molecule has 9 heteroatoms. The molecule has 0 spiro atoms. The lowest BCUT2D eigenvalue weighted by Crippen LogP contribution is -2.08. The monoisotopic (exact) mass is 323 g/mol. The summed E-state index contributed by atoms with van der Waals surface area (Å²) in [5, 5.41) is 0. The van der Waals surface area contributed by atoms with Gasteiger partial charge in [0.2, 0.25) is 9.84 Å². The molecule has 0 heterocycles. The second-order valence-electron chi connectivity index (χ2n) is 3.91. The van der Waals surface area contributed by atoms with Gasteiger partial charge >= 0.3 is 0 Å². The minimum atomic E-state index is -4.40. The second kappa shape index (κ2) is 5.57. The number of hydrogen-bond acceptors (Lipinski definition) is 4. The van der Waals surface area contributed by atoms with Gasteiger partial charge in [-0.1, -0.05) is 30.3 Å². The van der Waals surface area contributed by atoms with Crippen LogP contribution in [0.5, 0.6) is 0 Å². The second-order valence-corrected chi connectivity index (χ2v) is 7.38. The molecule has 0 amide bonds. The fourth-order valence-corrected chi connectivity index (χ4v) is 4.47. The summed E-state index contributed by atoms with van der Waals surface area (Å²) in [4.78, 5) is 1.20. The predicted octanol–water partition coefficient (Wildman–Crippen LogP) is 2.52. The molecule has 2 aromatic rings. The summed E-state index contributed by atoms with van der Waals surface area (Å²) in [6, 6.07) is 12.4. The van der Waals surface area contributed by atoms with E-state index in [0.29, 0.717) is 0 Å². The first kappa shape index (κ1) is 15.0. The number of sulfone groups is 1. The normalized spacial score (nSPS) is 11.6. The molecule has 0 unspecified atom stereocenters. The van der Waals surface area contributed by atoms with E-state index in [-0.39, 0.29) is 4.90 Å². The first-order chi connectivity index (χ1) is 9.89. The van der Waals surface area contributed by atoms with Crippen molar-refractivity contribution in [1.29, 1.82) is 0 Å². The Kier molecular flexibility index (Phi) is 3.99. The number of benzene rings is 2. The molecule has 0 aliphatic heterocycles. The van der Waals surface area contributed by atoms with E-state index in [4.69, 9.17) is 5.53 Å². The zero-order valence-corrected chi connectivity index (χ0v) is 12.1. The molecule has 0 N–H and O–H groups in total. The Hall–Kier alpha value is -2.35. The average molecular weight is 323 g/mol. The van der Waals surface area contributed by atoms with Gasteiger partial charge in [0, 0.05) is 9.43 Å². The summed E-state index contributed by atoms with van der Waals surface area (Å²) in [6.45, 7) is 0. The molecule has 0 aliphatic rings. The number of hydrogen-bond donors (Lipinski definition) is 0. The van der Waals surface area contributed by atoms with Gasteiger partial charge in [0.25, 0.3) is 10.0 Å². The van der Waals surface area contributed by atoms with Gasteiger partial charge in [-0.25, -0.2) is 16.8 Å². The zero-order valence-electron chi connectivity index (χ0n) is 10.5. The third kappa shape index (κ3) is 2.89. The van der Waals surface area contributed by atoms with Crippen molar-refractivity contribution in [2.45, 2.75) is 14.7 Å². The summed E-state index contributed by atoms with van der Waals surface area (Å²) in [7, 11) is -8.44. The van der Waals surface area contributed by atoms with Gasteiger partial charge in [-0.2, -0.15) is 0 Å². The van der Waals surface area contributed by atoms with Crippen molar-refractivity contribution in [2.75, 3.05) is 0 Å². The van der Waals surface area contributed by atoms with E-state index in [0.717, 1.165) is 12.1 Å². The fraction of sp³-hybridized carbons (Fsp3) is 0. The molecule has 0 aromatic heterocycles. The van der Waals surface area contributed by atoms with Gasteiger partial charge in [-0.3, -0.25) is 0 Å². The van der Waals surface area contributed by atoms with Crippen molar-refractivity contribution in [3.05, 3.63) is 65.0 Å². The molecule has 0 radical (unpaired) electrons. The SMILES string of the molecule is [N-]=[N+]=NS(=O)(=O)c1ccccc1S(=O)(=O)c1ccccc1. The molecule has 0 saturated heterocycles. The van der Waals surface area contributed by atoms with E-state index in [9.17, 15) is 16.8 Å². The lowest BCUT2D eigenvalue weighted by Gasteiger charge is -2.08. The molecule has 0 saturated carbocycles. The molecule has 21 heavy (non-hydrogen) atoms. The molecule has 0 bridgehead atoms. The number of azide groups is 1. The van der Waals surface area contributed by atoms with Crippen LogP contribution in [-0.4, -0.2) is 16.8 Å². The highest BCUT2D eigenvalue weighted by atomic mass is 32.2. The van der Waals surface area contributed by atoms with E-state index in [1.807, 2.05) is 0 Å². The summed E-state index contributed by atoms with van der Waals surface area (Å²) in [5.74, 6) is 0. The Morgan fingerprint density at radius 2 is 1.33 bits per heavy atom. The summed E-state index contributed by atoms with van der Waals surface area (Å²) in [5.41, 5.74) is 8.30. The molecule has 2 rings (SSSR count). The van der Waals surface area contributed by atoms with Crippen LogP contribution in [0.25, 0.3) is 10.4 Å². The van der Waals surface area contributed by atoms with Crippen LogP contribution in [0.4, 0.5) is 0 Å². The van der Waals surface area contributed by atoms with Crippen LogP contribution in [0.2, 0.25) is 0 Å². The van der Waals surface area contributed by atoms with Gasteiger partial charge in [0.15, 0.2) is 0 Å². The van der Waals surface area contributed by atoms with Crippen LogP contribution >= 0.6 is 0 Å². The van der Waals surface area contributed by atoms with E-state index >= 15 is 0 Å². The smallest absolute Gasteiger partial charge is 0.218 e. The Balaban J connectivity index is 2.76. The van der Waals surface area contributed by atoms with E-state index in [2.05, 4.69) is 9.43 Å². The minimum absolute atomic E-state index is 0.0476. The number of nitrogens with zero attached hydrogens (tertiary/aromatic N) is 3. The van der Waals surface area contributed by atoms with Gasteiger partial charge < -0.3 is 0 Å². The van der Waals surface area contributed by atoms with Gasteiger partial charge in [0.05, 0.1) is 14.7 Å². The van der Waals surface area contributed by atoms with E-state index in [1.165, 1.54) is 36.4 Å². The first-order valence-corrected chi connectivity index (χ1v) is 8.52. The maximum atomic E-state index is 12.5. The Morgan fingerprint density at radius 1 is 0.810 bits per heavy atom. The first-order valence-electron chi connectivity index (χ1n) is 5.60. The van der Waals surface area contributed by atoms with Crippen LogP contribution in [-0.2, 0) is 19.9 Å². The zero-order chi connectivity index (χ0) is 15.5. The highest BCUT2D eigenvalue weighted by Gasteiger charge is 2.26. The fourth-order valence-electron chi connectivity index (χ4n) is 1.70. The van der Waals surface area contributed by atoms with Crippen molar-refractivity contribution in [1.82, 2.24) is 0 Å². The Bertz CT molecular complexity index is 916. The van der Waals surface area contributed by atoms with Crippen LogP contribution < -0.4 is 0 Å². The molecule has 108 valence electrons. The van der Waals surface area contributed by atoms with Crippen LogP contribution in [0.15, 0.2) is 73.8 Å². The highest BCUT2D eigenvalue weighted by Crippen LogP contribution is 2.28. The number of rotatable bonds is 4. The predicted molar refractivity (Wildman–Crippen MR) is 74.7 cm³/mol. The average Bonchev–Trinajstić information content (AvgIpc) is 2.48. The highest BCUT2D eigenvalue weighted by molar-refractivity contribution is 7.94. The Morgan fingerprint density at radius 3 is 1.90 bits per heavy atom. The maximum absolute atomic E-state index is 12.5. The maximum Gasteiger partial charge on any atom is 0.265 e. The molecule has 7 nitrogen and oxygen atoms in total. The van der Waals surface area contributed by atoms with Crippen molar-refractivity contribution >= 4 is 19.9 Å². The quantitative estimate of drug-likeness (QED) is 0.488. The van der Waals surface area contributed by atoms with Crippen molar-refractivity contribution in [2.24, 2.45) is 4.52 Å². The lowest BCUT2D eigenvalue weighted by molar-refractivity contribution is 0.583. The van der Waals surface area contributed by atoms with Crippen molar-refractivity contribution in [3.63, 3.8) is 0 Å².